The molecule has 3 nitrogen and oxygen atoms in total. The highest BCUT2D eigenvalue weighted by molar-refractivity contribution is 4.75. The Balaban J connectivity index is 2.57. The van der Waals surface area contributed by atoms with Crippen LogP contribution in [0, 0.1) is 0 Å². The van der Waals surface area contributed by atoms with Gasteiger partial charge in [0.25, 0.3) is 0 Å². The number of rotatable bonds is 2. The van der Waals surface area contributed by atoms with E-state index in [0.717, 1.165) is 16.9 Å². The summed E-state index contributed by atoms with van der Waals surface area (Å²) in [7, 11) is 6.30. The highest BCUT2D eigenvalue weighted by atomic mass is 16.3. The van der Waals surface area contributed by atoms with Crippen LogP contribution in [0.25, 0.3) is 0 Å². The second-order valence-electron chi connectivity index (χ2n) is 3.37. The van der Waals surface area contributed by atoms with E-state index in [-0.39, 0.29) is 0 Å². The largest absolute Gasteiger partial charge is 0.444 e. The quantitative estimate of drug-likeness (QED) is 0.571. The Morgan fingerprint density at radius 3 is 2.60 bits per heavy atom. The van der Waals surface area contributed by atoms with Gasteiger partial charge in [0.1, 0.15) is 6.26 Å². The molecule has 0 fully saturated rings. The van der Waals surface area contributed by atoms with Gasteiger partial charge >= 0.3 is 0 Å². The van der Waals surface area contributed by atoms with Crippen molar-refractivity contribution in [2.75, 3.05) is 21.1 Å². The smallest absolute Gasteiger partial charge is 0.250 e. The standard InChI is InChI=1S/C7H13N2O/c1-9(2,3)6-7-8-4-5-10-7/h4-5H,6H2,1-3H3/q+1. The minimum atomic E-state index is 0.799. The van der Waals surface area contributed by atoms with Crippen LogP contribution in [0.4, 0.5) is 0 Å². The van der Waals surface area contributed by atoms with Crippen molar-refractivity contribution < 1.29 is 8.90 Å². The molecule has 0 amide bonds. The Hall–Kier alpha value is -0.830. The molecule has 0 unspecified atom stereocenters. The first-order chi connectivity index (χ1) is 4.58. The molecule has 0 saturated heterocycles. The molecule has 0 atom stereocenters. The maximum absolute atomic E-state index is 5.08. The lowest BCUT2D eigenvalue weighted by molar-refractivity contribution is -0.885. The Kier molecular flexibility index (Phi) is 1.76. The third kappa shape index (κ3) is 2.19. The van der Waals surface area contributed by atoms with Crippen LogP contribution in [0.3, 0.4) is 0 Å². The van der Waals surface area contributed by atoms with Crippen LogP contribution in [0.5, 0.6) is 0 Å². The van der Waals surface area contributed by atoms with Crippen LogP contribution in [-0.4, -0.2) is 30.6 Å². The van der Waals surface area contributed by atoms with Gasteiger partial charge in [-0.05, 0) is 0 Å². The fraction of sp³-hybridized carbons (Fsp3) is 0.571. The zero-order valence-corrected chi connectivity index (χ0v) is 6.66. The summed E-state index contributed by atoms with van der Waals surface area (Å²) in [6.45, 7) is 0.840. The van der Waals surface area contributed by atoms with Crippen LogP contribution < -0.4 is 0 Å². The molecule has 0 spiro atoms. The first kappa shape index (κ1) is 7.28. The van der Waals surface area contributed by atoms with Crippen molar-refractivity contribution >= 4 is 0 Å². The highest BCUT2D eigenvalue weighted by Crippen LogP contribution is 2.02. The lowest BCUT2D eigenvalue weighted by Crippen LogP contribution is -2.33. The molecule has 3 heteroatoms. The average Bonchev–Trinajstić information content (AvgIpc) is 2.12. The van der Waals surface area contributed by atoms with E-state index in [2.05, 4.69) is 26.1 Å². The molecule has 10 heavy (non-hydrogen) atoms. The van der Waals surface area contributed by atoms with Crippen LogP contribution in [-0.2, 0) is 6.54 Å². The van der Waals surface area contributed by atoms with Crippen molar-refractivity contribution in [2.24, 2.45) is 0 Å². The fourth-order valence-electron chi connectivity index (χ4n) is 0.737. The van der Waals surface area contributed by atoms with Crippen LogP contribution in [0.15, 0.2) is 16.9 Å². The molecule has 0 bridgehead atoms. The first-order valence-electron chi connectivity index (χ1n) is 3.27. The van der Waals surface area contributed by atoms with E-state index in [4.69, 9.17) is 4.42 Å². The molecule has 0 aliphatic rings. The minimum Gasteiger partial charge on any atom is -0.444 e. The molecular formula is C7H13N2O+. The number of aromatic nitrogens is 1. The first-order valence-corrected chi connectivity index (χ1v) is 3.27. The van der Waals surface area contributed by atoms with Crippen molar-refractivity contribution in [1.29, 1.82) is 0 Å². The van der Waals surface area contributed by atoms with Gasteiger partial charge in [-0.3, -0.25) is 0 Å². The van der Waals surface area contributed by atoms with Gasteiger partial charge in [0.15, 0.2) is 6.54 Å². The predicted molar refractivity (Wildman–Crippen MR) is 38.2 cm³/mol. The van der Waals surface area contributed by atoms with Crippen LogP contribution in [0.1, 0.15) is 5.89 Å². The summed E-state index contributed by atoms with van der Waals surface area (Å²) in [4.78, 5) is 4.02. The molecule has 0 aliphatic carbocycles. The third-order valence-corrected chi connectivity index (χ3v) is 1.09. The molecule has 1 aromatic heterocycles. The highest BCUT2D eigenvalue weighted by Gasteiger charge is 2.10. The molecule has 1 heterocycles. The molecule has 56 valence electrons. The van der Waals surface area contributed by atoms with E-state index in [0.29, 0.717) is 0 Å². The van der Waals surface area contributed by atoms with Crippen LogP contribution >= 0.6 is 0 Å². The monoisotopic (exact) mass is 141 g/mol. The van der Waals surface area contributed by atoms with Gasteiger partial charge < -0.3 is 8.90 Å². The fourth-order valence-corrected chi connectivity index (χ4v) is 0.737. The van der Waals surface area contributed by atoms with E-state index in [1.54, 1.807) is 12.5 Å². The van der Waals surface area contributed by atoms with E-state index >= 15 is 0 Å². The summed E-state index contributed by atoms with van der Waals surface area (Å²) in [5.74, 6) is 0.799. The zero-order valence-electron chi connectivity index (χ0n) is 6.66. The molecular weight excluding hydrogens is 128 g/mol. The zero-order chi connectivity index (χ0) is 7.61. The topological polar surface area (TPSA) is 26.0 Å². The second kappa shape index (κ2) is 2.42. The molecule has 0 aliphatic heterocycles. The molecule has 0 radical (unpaired) electrons. The second-order valence-corrected chi connectivity index (χ2v) is 3.37. The predicted octanol–water partition coefficient (Wildman–Crippen LogP) is 0.881. The van der Waals surface area contributed by atoms with Gasteiger partial charge in [0.2, 0.25) is 5.89 Å². The summed E-state index contributed by atoms with van der Waals surface area (Å²) in [6, 6.07) is 0. The van der Waals surface area contributed by atoms with Crippen molar-refractivity contribution in [3.05, 3.63) is 18.4 Å². The summed E-state index contributed by atoms with van der Waals surface area (Å²) in [5, 5.41) is 0. The number of hydrogen-bond acceptors (Lipinski definition) is 2. The number of nitrogens with zero attached hydrogens (tertiary/aromatic N) is 2. The Bertz CT molecular complexity index is 186. The molecule has 1 aromatic rings. The van der Waals surface area contributed by atoms with E-state index in [9.17, 15) is 0 Å². The number of hydrogen-bond donors (Lipinski definition) is 0. The number of oxazole rings is 1. The minimum absolute atomic E-state index is 0.799. The normalized spacial score (nSPS) is 11.9. The molecule has 0 N–H and O–H groups in total. The lowest BCUT2D eigenvalue weighted by Gasteiger charge is -2.21. The van der Waals surface area contributed by atoms with Gasteiger partial charge in [-0.2, -0.15) is 0 Å². The summed E-state index contributed by atoms with van der Waals surface area (Å²) < 4.78 is 5.93. The third-order valence-electron chi connectivity index (χ3n) is 1.09. The maximum atomic E-state index is 5.08. The SMILES string of the molecule is C[N+](C)(C)Cc1ncco1. The average molecular weight is 141 g/mol. The van der Waals surface area contributed by atoms with Crippen LogP contribution in [0.2, 0.25) is 0 Å². The Morgan fingerprint density at radius 2 is 2.20 bits per heavy atom. The van der Waals surface area contributed by atoms with Crippen molar-refractivity contribution in [3.8, 4) is 0 Å². The van der Waals surface area contributed by atoms with E-state index < -0.39 is 0 Å². The van der Waals surface area contributed by atoms with Crippen molar-refractivity contribution in [3.63, 3.8) is 0 Å². The Labute approximate surface area is 60.9 Å². The number of quaternary nitrogens is 1. The molecule has 1 rings (SSSR count). The van der Waals surface area contributed by atoms with E-state index in [1.807, 2.05) is 0 Å². The van der Waals surface area contributed by atoms with Gasteiger partial charge in [0.05, 0.1) is 27.3 Å². The van der Waals surface area contributed by atoms with Gasteiger partial charge in [-0.15, -0.1) is 0 Å². The lowest BCUT2D eigenvalue weighted by atomic mass is 10.5. The molecule has 0 aromatic carbocycles. The Morgan fingerprint density at radius 1 is 1.50 bits per heavy atom. The van der Waals surface area contributed by atoms with Crippen molar-refractivity contribution in [1.82, 2.24) is 4.98 Å². The van der Waals surface area contributed by atoms with Gasteiger partial charge in [-0.1, -0.05) is 0 Å². The summed E-state index contributed by atoms with van der Waals surface area (Å²) in [6.07, 6.45) is 3.27. The summed E-state index contributed by atoms with van der Waals surface area (Å²) >= 11 is 0. The van der Waals surface area contributed by atoms with Gasteiger partial charge in [0, 0.05) is 0 Å². The van der Waals surface area contributed by atoms with E-state index in [1.165, 1.54) is 0 Å². The summed E-state index contributed by atoms with van der Waals surface area (Å²) in [5.41, 5.74) is 0. The van der Waals surface area contributed by atoms with Gasteiger partial charge in [-0.25, -0.2) is 4.98 Å². The molecule has 0 saturated carbocycles. The maximum Gasteiger partial charge on any atom is 0.250 e. The van der Waals surface area contributed by atoms with Crippen molar-refractivity contribution in [2.45, 2.75) is 6.54 Å².